The average Bonchev–Trinajstić information content (AvgIpc) is 2.76. The Hall–Kier alpha value is -0.940. The third-order valence-electron chi connectivity index (χ3n) is 4.85. The number of ketones is 1. The van der Waals surface area contributed by atoms with E-state index in [1.54, 1.807) is 0 Å². The quantitative estimate of drug-likeness (QED) is 0.669. The number of allylic oxidation sites excluding steroid dienone is 2. The fraction of sp³-hybridized carbons (Fsp3) is 0.444. The van der Waals surface area contributed by atoms with Gasteiger partial charge in [0, 0.05) is 29.3 Å². The van der Waals surface area contributed by atoms with E-state index in [2.05, 4.69) is 15.9 Å². The standard InChI is InChI=1S/C18H17BrFNOS/c19-11-9-10(4-5-12(11)20)16-17-13(6-7-15(17)22)21-14-3-1-2-8-23-18(14)16/h4-5,9,16,18H,1-3,6-8H2. The molecule has 0 bridgehead atoms. The van der Waals surface area contributed by atoms with Gasteiger partial charge in [0.2, 0.25) is 0 Å². The van der Waals surface area contributed by atoms with Crippen LogP contribution < -0.4 is 0 Å². The summed E-state index contributed by atoms with van der Waals surface area (Å²) in [7, 11) is 0. The molecule has 1 fully saturated rings. The van der Waals surface area contributed by atoms with Gasteiger partial charge < -0.3 is 0 Å². The second-order valence-electron chi connectivity index (χ2n) is 6.29. The molecule has 5 heteroatoms. The van der Waals surface area contributed by atoms with E-state index in [4.69, 9.17) is 4.99 Å². The van der Waals surface area contributed by atoms with E-state index in [9.17, 15) is 9.18 Å². The van der Waals surface area contributed by atoms with Crippen LogP contribution in [0.1, 0.15) is 43.6 Å². The molecular formula is C18H17BrFNOS. The van der Waals surface area contributed by atoms with Crippen molar-refractivity contribution in [3.63, 3.8) is 0 Å². The largest absolute Gasteiger partial charge is 0.294 e. The molecule has 2 atom stereocenters. The Morgan fingerprint density at radius 2 is 2.09 bits per heavy atom. The number of hydrogen-bond acceptors (Lipinski definition) is 3. The minimum atomic E-state index is -0.265. The van der Waals surface area contributed by atoms with Crippen molar-refractivity contribution in [1.29, 1.82) is 0 Å². The molecule has 3 aliphatic rings. The first-order chi connectivity index (χ1) is 11.1. The Balaban J connectivity index is 1.85. The van der Waals surface area contributed by atoms with Crippen LogP contribution in [0.4, 0.5) is 4.39 Å². The van der Waals surface area contributed by atoms with Crippen LogP contribution in [-0.2, 0) is 4.79 Å². The Bertz CT molecular complexity index is 743. The molecule has 1 aromatic carbocycles. The molecule has 23 heavy (non-hydrogen) atoms. The van der Waals surface area contributed by atoms with Gasteiger partial charge in [0.25, 0.3) is 0 Å². The van der Waals surface area contributed by atoms with Crippen LogP contribution in [0.25, 0.3) is 0 Å². The molecule has 0 aromatic heterocycles. The molecule has 2 nitrogen and oxygen atoms in total. The second kappa shape index (κ2) is 6.17. The zero-order valence-electron chi connectivity index (χ0n) is 12.6. The van der Waals surface area contributed by atoms with Gasteiger partial charge in [-0.25, -0.2) is 4.39 Å². The first kappa shape index (κ1) is 15.6. The van der Waals surface area contributed by atoms with Crippen LogP contribution in [-0.4, -0.2) is 22.5 Å². The molecular weight excluding hydrogens is 377 g/mol. The lowest BCUT2D eigenvalue weighted by molar-refractivity contribution is -0.115. The highest BCUT2D eigenvalue weighted by Crippen LogP contribution is 2.47. The summed E-state index contributed by atoms with van der Waals surface area (Å²) in [6, 6.07) is 5.16. The molecule has 2 aliphatic heterocycles. The Kier molecular flexibility index (Phi) is 4.18. The van der Waals surface area contributed by atoms with Crippen LogP contribution >= 0.6 is 27.7 Å². The number of fused-ring (bicyclic) bond motifs is 1. The number of carbonyl (C=O) groups excluding carboxylic acids is 1. The molecule has 0 N–H and O–H groups in total. The first-order valence-electron chi connectivity index (χ1n) is 8.05. The van der Waals surface area contributed by atoms with Gasteiger partial charge in [-0.2, -0.15) is 11.8 Å². The summed E-state index contributed by atoms with van der Waals surface area (Å²) in [5, 5.41) is 0.218. The molecule has 120 valence electrons. The second-order valence-corrected chi connectivity index (χ2v) is 8.39. The molecule has 2 unspecified atom stereocenters. The van der Waals surface area contributed by atoms with Crippen molar-refractivity contribution < 1.29 is 9.18 Å². The first-order valence-corrected chi connectivity index (χ1v) is 9.89. The lowest BCUT2D eigenvalue weighted by Crippen LogP contribution is -2.31. The van der Waals surface area contributed by atoms with Gasteiger partial charge in [-0.05, 0) is 65.1 Å². The normalized spacial score (nSPS) is 27.4. The van der Waals surface area contributed by atoms with E-state index >= 15 is 0 Å². The fourth-order valence-corrected chi connectivity index (χ4v) is 5.64. The number of halogens is 2. The van der Waals surface area contributed by atoms with E-state index in [-0.39, 0.29) is 22.8 Å². The van der Waals surface area contributed by atoms with E-state index in [1.807, 2.05) is 23.9 Å². The van der Waals surface area contributed by atoms with E-state index in [0.29, 0.717) is 10.9 Å². The smallest absolute Gasteiger partial charge is 0.161 e. The maximum atomic E-state index is 13.7. The predicted octanol–water partition coefficient (Wildman–Crippen LogP) is 5.03. The summed E-state index contributed by atoms with van der Waals surface area (Å²) < 4.78 is 14.1. The highest BCUT2D eigenvalue weighted by Gasteiger charge is 2.41. The number of thioether (sulfide) groups is 1. The SMILES string of the molecule is O=C1CCC2=C1C(c1ccc(F)c(Br)c1)C1SCCCCC1=N2. The number of hydrogen-bond donors (Lipinski definition) is 0. The molecule has 0 spiro atoms. The Morgan fingerprint density at radius 1 is 1.22 bits per heavy atom. The summed E-state index contributed by atoms with van der Waals surface area (Å²) in [5.41, 5.74) is 4.11. The van der Waals surface area contributed by atoms with Crippen molar-refractivity contribution in [2.24, 2.45) is 4.99 Å². The van der Waals surface area contributed by atoms with E-state index < -0.39 is 0 Å². The van der Waals surface area contributed by atoms with Gasteiger partial charge in [-0.15, -0.1) is 0 Å². The van der Waals surface area contributed by atoms with E-state index in [0.717, 1.165) is 35.4 Å². The van der Waals surface area contributed by atoms with E-state index in [1.165, 1.54) is 24.6 Å². The van der Waals surface area contributed by atoms with Gasteiger partial charge in [0.1, 0.15) is 5.82 Å². The number of Topliss-reactive ketones (excluding diaryl/α,β-unsaturated/α-hetero) is 1. The minimum Gasteiger partial charge on any atom is -0.294 e. The summed E-state index contributed by atoms with van der Waals surface area (Å²) in [4.78, 5) is 17.3. The summed E-state index contributed by atoms with van der Waals surface area (Å²) >= 11 is 5.20. The maximum absolute atomic E-state index is 13.7. The Labute approximate surface area is 147 Å². The lowest BCUT2D eigenvalue weighted by atomic mass is 9.82. The number of aliphatic imine (C=N–C) groups is 1. The van der Waals surface area contributed by atoms with Gasteiger partial charge in [-0.1, -0.05) is 6.07 Å². The monoisotopic (exact) mass is 393 g/mol. The molecule has 1 aromatic rings. The van der Waals surface area contributed by atoms with Gasteiger partial charge in [0.15, 0.2) is 5.78 Å². The molecule has 2 heterocycles. The molecule has 0 radical (unpaired) electrons. The zero-order chi connectivity index (χ0) is 16.0. The summed E-state index contributed by atoms with van der Waals surface area (Å²) in [6.45, 7) is 0. The number of benzene rings is 1. The predicted molar refractivity (Wildman–Crippen MR) is 95.6 cm³/mol. The highest BCUT2D eigenvalue weighted by atomic mass is 79.9. The maximum Gasteiger partial charge on any atom is 0.161 e. The van der Waals surface area contributed by atoms with Gasteiger partial charge in [-0.3, -0.25) is 9.79 Å². The van der Waals surface area contributed by atoms with Crippen LogP contribution in [0.3, 0.4) is 0 Å². The van der Waals surface area contributed by atoms with Crippen molar-refractivity contribution in [3.8, 4) is 0 Å². The average molecular weight is 394 g/mol. The van der Waals surface area contributed by atoms with Crippen molar-refractivity contribution in [2.45, 2.75) is 43.3 Å². The highest BCUT2D eigenvalue weighted by molar-refractivity contribution is 9.10. The molecule has 0 amide bonds. The van der Waals surface area contributed by atoms with Crippen molar-refractivity contribution >= 4 is 39.2 Å². The molecule has 1 aliphatic carbocycles. The summed E-state index contributed by atoms with van der Waals surface area (Å²) in [5.74, 6) is 1.07. The topological polar surface area (TPSA) is 29.4 Å². The third kappa shape index (κ3) is 2.72. The van der Waals surface area contributed by atoms with Gasteiger partial charge >= 0.3 is 0 Å². The van der Waals surface area contributed by atoms with Crippen LogP contribution in [0.5, 0.6) is 0 Å². The molecule has 1 saturated heterocycles. The van der Waals surface area contributed by atoms with Crippen molar-refractivity contribution in [1.82, 2.24) is 0 Å². The van der Waals surface area contributed by atoms with Crippen molar-refractivity contribution in [3.05, 3.63) is 45.3 Å². The van der Waals surface area contributed by atoms with Crippen LogP contribution in [0, 0.1) is 5.82 Å². The Morgan fingerprint density at radius 3 is 2.91 bits per heavy atom. The zero-order valence-corrected chi connectivity index (χ0v) is 15.1. The number of carbonyl (C=O) groups is 1. The van der Waals surface area contributed by atoms with Gasteiger partial charge in [0.05, 0.1) is 9.72 Å². The number of rotatable bonds is 1. The lowest BCUT2D eigenvalue weighted by Gasteiger charge is -2.32. The molecule has 0 saturated carbocycles. The fourth-order valence-electron chi connectivity index (χ4n) is 3.77. The summed E-state index contributed by atoms with van der Waals surface area (Å²) in [6.07, 6.45) is 4.70. The molecule has 4 rings (SSSR count). The van der Waals surface area contributed by atoms with Crippen LogP contribution in [0.2, 0.25) is 0 Å². The van der Waals surface area contributed by atoms with Crippen LogP contribution in [0.15, 0.2) is 38.9 Å². The number of nitrogens with zero attached hydrogens (tertiary/aromatic N) is 1. The van der Waals surface area contributed by atoms with Crippen molar-refractivity contribution in [2.75, 3.05) is 5.75 Å². The minimum absolute atomic E-state index is 0.0208. The third-order valence-corrected chi connectivity index (χ3v) is 6.88.